The van der Waals surface area contributed by atoms with Crippen LogP contribution in [0.15, 0.2) is 53.7 Å². The maximum atomic E-state index is 10.6. The van der Waals surface area contributed by atoms with Crippen molar-refractivity contribution < 1.29 is 5.11 Å². The summed E-state index contributed by atoms with van der Waals surface area (Å²) < 4.78 is 0. The standard InChI is InChI=1S/C18H23ClN4O.HI/c1-3-20-17(22-12-14-9-10-16(19)21-11-14)23-13-18(2,24)15-7-5-4-6-8-15;/h4-11,24H,3,12-13H2,1-2H3,(H2,20,22,23);1H. The predicted molar refractivity (Wildman–Crippen MR) is 113 cm³/mol. The highest BCUT2D eigenvalue weighted by molar-refractivity contribution is 14.0. The number of nitrogens with one attached hydrogen (secondary N) is 2. The average Bonchev–Trinajstić information content (AvgIpc) is 2.59. The molecule has 0 saturated carbocycles. The highest BCUT2D eigenvalue weighted by Gasteiger charge is 2.22. The van der Waals surface area contributed by atoms with Crippen molar-refractivity contribution >= 4 is 41.5 Å². The summed E-state index contributed by atoms with van der Waals surface area (Å²) in [5.41, 5.74) is 0.834. The molecule has 136 valence electrons. The number of hydrogen-bond donors (Lipinski definition) is 3. The molecule has 0 spiro atoms. The van der Waals surface area contributed by atoms with E-state index in [1.54, 1.807) is 19.2 Å². The Kier molecular flexibility index (Phi) is 9.16. The van der Waals surface area contributed by atoms with Crippen LogP contribution < -0.4 is 10.6 Å². The van der Waals surface area contributed by atoms with Crippen molar-refractivity contribution in [3.8, 4) is 0 Å². The van der Waals surface area contributed by atoms with Crippen molar-refractivity contribution in [3.63, 3.8) is 0 Å². The van der Waals surface area contributed by atoms with Crippen molar-refractivity contribution in [3.05, 3.63) is 64.9 Å². The summed E-state index contributed by atoms with van der Waals surface area (Å²) >= 11 is 5.78. The van der Waals surface area contributed by atoms with Crippen LogP contribution in [0.3, 0.4) is 0 Å². The van der Waals surface area contributed by atoms with Gasteiger partial charge >= 0.3 is 0 Å². The van der Waals surface area contributed by atoms with E-state index in [1.807, 2.05) is 43.3 Å². The maximum Gasteiger partial charge on any atom is 0.191 e. The zero-order chi connectivity index (χ0) is 17.4. The molecule has 0 aliphatic rings. The number of pyridine rings is 1. The Morgan fingerprint density at radius 1 is 1.20 bits per heavy atom. The molecule has 25 heavy (non-hydrogen) atoms. The second-order valence-electron chi connectivity index (χ2n) is 5.68. The summed E-state index contributed by atoms with van der Waals surface area (Å²) in [4.78, 5) is 8.55. The van der Waals surface area contributed by atoms with Crippen molar-refractivity contribution in [1.29, 1.82) is 0 Å². The lowest BCUT2D eigenvalue weighted by atomic mass is 9.96. The van der Waals surface area contributed by atoms with Gasteiger partial charge in [-0.25, -0.2) is 9.98 Å². The van der Waals surface area contributed by atoms with Crippen molar-refractivity contribution in [1.82, 2.24) is 15.6 Å². The fourth-order valence-corrected chi connectivity index (χ4v) is 2.28. The van der Waals surface area contributed by atoms with Crippen LogP contribution in [0.5, 0.6) is 0 Å². The van der Waals surface area contributed by atoms with Gasteiger partial charge < -0.3 is 15.7 Å². The highest BCUT2D eigenvalue weighted by Crippen LogP contribution is 2.18. The van der Waals surface area contributed by atoms with Gasteiger partial charge in [0.05, 0.1) is 13.1 Å². The summed E-state index contributed by atoms with van der Waals surface area (Å²) in [6.45, 7) is 5.34. The third kappa shape index (κ3) is 7.17. The lowest BCUT2D eigenvalue weighted by molar-refractivity contribution is 0.0617. The number of nitrogens with zero attached hydrogens (tertiary/aromatic N) is 2. The molecular formula is C18H24ClIN4O. The number of benzene rings is 1. The van der Waals surface area contributed by atoms with Gasteiger partial charge in [0.2, 0.25) is 0 Å². The first-order chi connectivity index (χ1) is 11.5. The molecule has 0 aliphatic heterocycles. The summed E-state index contributed by atoms with van der Waals surface area (Å²) in [6, 6.07) is 13.2. The van der Waals surface area contributed by atoms with Gasteiger partial charge in [0.1, 0.15) is 10.8 Å². The molecule has 0 radical (unpaired) electrons. The number of hydrogen-bond acceptors (Lipinski definition) is 3. The molecule has 1 heterocycles. The van der Waals surface area contributed by atoms with E-state index in [9.17, 15) is 5.11 Å². The summed E-state index contributed by atoms with van der Waals surface area (Å²) in [6.07, 6.45) is 1.70. The highest BCUT2D eigenvalue weighted by atomic mass is 127. The topological polar surface area (TPSA) is 69.5 Å². The van der Waals surface area contributed by atoms with Gasteiger partial charge in [0, 0.05) is 12.7 Å². The second-order valence-corrected chi connectivity index (χ2v) is 6.07. The minimum Gasteiger partial charge on any atom is -0.384 e. The Bertz CT molecular complexity index is 663. The number of halogens is 2. The Balaban J connectivity index is 0.00000312. The number of aromatic nitrogens is 1. The fourth-order valence-electron chi connectivity index (χ4n) is 2.17. The Morgan fingerprint density at radius 2 is 1.92 bits per heavy atom. The molecule has 0 fully saturated rings. The van der Waals surface area contributed by atoms with Crippen molar-refractivity contribution in [2.24, 2.45) is 4.99 Å². The molecule has 7 heteroatoms. The van der Waals surface area contributed by atoms with Crippen LogP contribution in [0.2, 0.25) is 5.15 Å². The van der Waals surface area contributed by atoms with Crippen molar-refractivity contribution in [2.45, 2.75) is 26.0 Å². The van der Waals surface area contributed by atoms with Gasteiger partial charge in [-0.15, -0.1) is 24.0 Å². The van der Waals surface area contributed by atoms with Crippen LogP contribution in [-0.4, -0.2) is 29.1 Å². The van der Waals surface area contributed by atoms with E-state index in [4.69, 9.17) is 11.6 Å². The van der Waals surface area contributed by atoms with Gasteiger partial charge in [-0.2, -0.15) is 0 Å². The minimum atomic E-state index is -0.987. The van der Waals surface area contributed by atoms with Crippen LogP contribution >= 0.6 is 35.6 Å². The molecule has 0 aliphatic carbocycles. The summed E-state index contributed by atoms with van der Waals surface area (Å²) in [5.74, 6) is 0.642. The number of aliphatic hydroxyl groups is 1. The maximum absolute atomic E-state index is 10.6. The lowest BCUT2D eigenvalue weighted by Crippen LogP contribution is -2.44. The molecule has 0 bridgehead atoms. The first-order valence-electron chi connectivity index (χ1n) is 7.92. The van der Waals surface area contributed by atoms with Crippen LogP contribution in [0.25, 0.3) is 0 Å². The van der Waals surface area contributed by atoms with Gasteiger partial charge in [-0.1, -0.05) is 48.0 Å². The van der Waals surface area contributed by atoms with Gasteiger partial charge in [-0.3, -0.25) is 0 Å². The fraction of sp³-hybridized carbons (Fsp3) is 0.333. The third-order valence-electron chi connectivity index (χ3n) is 3.55. The molecule has 5 nitrogen and oxygen atoms in total. The monoisotopic (exact) mass is 474 g/mol. The SMILES string of the molecule is CCNC(=NCc1ccc(Cl)nc1)NCC(C)(O)c1ccccc1.I. The molecule has 1 aromatic carbocycles. The molecule has 0 amide bonds. The normalized spacial score (nSPS) is 13.5. The van der Waals surface area contributed by atoms with Crippen molar-refractivity contribution in [2.75, 3.05) is 13.1 Å². The van der Waals surface area contributed by atoms with Crippen LogP contribution in [0, 0.1) is 0 Å². The molecular weight excluding hydrogens is 451 g/mol. The van der Waals surface area contributed by atoms with Gasteiger partial charge in [0.15, 0.2) is 5.96 Å². The number of aliphatic imine (C=N–C) groups is 1. The zero-order valence-electron chi connectivity index (χ0n) is 14.4. The van der Waals surface area contributed by atoms with E-state index in [-0.39, 0.29) is 24.0 Å². The van der Waals surface area contributed by atoms with Gasteiger partial charge in [-0.05, 0) is 31.0 Å². The Hall–Kier alpha value is -1.38. The molecule has 1 unspecified atom stereocenters. The Labute approximate surface area is 170 Å². The number of rotatable bonds is 6. The van der Waals surface area contributed by atoms with E-state index in [1.165, 1.54) is 0 Å². The Morgan fingerprint density at radius 3 is 2.52 bits per heavy atom. The molecule has 1 aromatic heterocycles. The van der Waals surface area contributed by atoms with E-state index >= 15 is 0 Å². The van der Waals surface area contributed by atoms with Crippen LogP contribution in [0.4, 0.5) is 0 Å². The van der Waals surface area contributed by atoms with E-state index in [2.05, 4.69) is 20.6 Å². The van der Waals surface area contributed by atoms with E-state index in [0.29, 0.717) is 24.2 Å². The largest absolute Gasteiger partial charge is 0.384 e. The zero-order valence-corrected chi connectivity index (χ0v) is 17.5. The van der Waals surface area contributed by atoms with E-state index < -0.39 is 5.60 Å². The molecule has 2 rings (SSSR count). The quantitative estimate of drug-likeness (QED) is 0.260. The smallest absolute Gasteiger partial charge is 0.191 e. The van der Waals surface area contributed by atoms with Gasteiger partial charge in [0.25, 0.3) is 0 Å². The molecule has 3 N–H and O–H groups in total. The minimum absolute atomic E-state index is 0. The summed E-state index contributed by atoms with van der Waals surface area (Å²) in [5, 5.41) is 17.5. The van der Waals surface area contributed by atoms with E-state index in [0.717, 1.165) is 17.7 Å². The molecule has 1 atom stereocenters. The lowest BCUT2D eigenvalue weighted by Gasteiger charge is -2.25. The molecule has 2 aromatic rings. The molecule has 0 saturated heterocycles. The number of guanidine groups is 1. The van der Waals surface area contributed by atoms with Crippen LogP contribution in [0.1, 0.15) is 25.0 Å². The third-order valence-corrected chi connectivity index (χ3v) is 3.77. The first kappa shape index (κ1) is 21.7. The average molecular weight is 475 g/mol. The predicted octanol–water partition coefficient (Wildman–Crippen LogP) is 3.32. The second kappa shape index (κ2) is 10.6. The van der Waals surface area contributed by atoms with Crippen LogP contribution in [-0.2, 0) is 12.1 Å². The summed E-state index contributed by atoms with van der Waals surface area (Å²) in [7, 11) is 0. The first-order valence-corrected chi connectivity index (χ1v) is 8.29.